The van der Waals surface area contributed by atoms with Crippen LogP contribution in [0.5, 0.6) is 0 Å². The van der Waals surface area contributed by atoms with Crippen molar-refractivity contribution in [2.45, 2.75) is 13.3 Å². The van der Waals surface area contributed by atoms with Gasteiger partial charge in [-0.25, -0.2) is 0 Å². The number of rotatable bonds is 1. The van der Waals surface area contributed by atoms with Gasteiger partial charge in [0.2, 0.25) is 0 Å². The molecule has 0 aromatic rings. The highest BCUT2D eigenvalue weighted by atomic mass is 16.4. The largest absolute Gasteiger partial charge is 0.396 e. The third-order valence-electron chi connectivity index (χ3n) is 0.224. The molecule has 2 heteroatoms. The SMILES string of the molecule is CCCO.COC. The van der Waals surface area contributed by atoms with Gasteiger partial charge in [-0.1, -0.05) is 6.92 Å². The minimum atomic E-state index is 0.319. The van der Waals surface area contributed by atoms with Crippen LogP contribution < -0.4 is 0 Å². The summed E-state index contributed by atoms with van der Waals surface area (Å²) < 4.78 is 4.25. The van der Waals surface area contributed by atoms with Gasteiger partial charge in [-0.05, 0) is 6.42 Å². The van der Waals surface area contributed by atoms with Gasteiger partial charge in [0, 0.05) is 20.8 Å². The van der Waals surface area contributed by atoms with Gasteiger partial charge in [-0.15, -0.1) is 0 Å². The summed E-state index contributed by atoms with van der Waals surface area (Å²) in [6.45, 7) is 2.25. The third-order valence-corrected chi connectivity index (χ3v) is 0.224. The van der Waals surface area contributed by atoms with Crippen LogP contribution in [-0.4, -0.2) is 25.9 Å². The normalized spacial score (nSPS) is 6.86. The smallest absolute Gasteiger partial charge is 0.0428 e. The van der Waals surface area contributed by atoms with Crippen LogP contribution in [0.25, 0.3) is 0 Å². The summed E-state index contributed by atoms with van der Waals surface area (Å²) in [5, 5.41) is 7.88. The minimum absolute atomic E-state index is 0.319. The van der Waals surface area contributed by atoms with Crippen LogP contribution in [0.2, 0.25) is 0 Å². The Labute approximate surface area is 45.1 Å². The lowest BCUT2D eigenvalue weighted by atomic mass is 10.5. The van der Waals surface area contributed by atoms with E-state index in [1.807, 2.05) is 6.92 Å². The molecule has 0 atom stereocenters. The number of aliphatic hydroxyl groups is 1. The summed E-state index contributed by atoms with van der Waals surface area (Å²) in [4.78, 5) is 0. The Balaban J connectivity index is 0. The van der Waals surface area contributed by atoms with Gasteiger partial charge in [-0.3, -0.25) is 0 Å². The zero-order valence-electron chi connectivity index (χ0n) is 5.27. The highest BCUT2D eigenvalue weighted by Crippen LogP contribution is 1.61. The van der Waals surface area contributed by atoms with Crippen LogP contribution >= 0.6 is 0 Å². The fraction of sp³-hybridized carbons (Fsp3) is 1.00. The lowest BCUT2D eigenvalue weighted by Gasteiger charge is -1.69. The predicted molar refractivity (Wildman–Crippen MR) is 30.3 cm³/mol. The van der Waals surface area contributed by atoms with Gasteiger partial charge in [0.25, 0.3) is 0 Å². The van der Waals surface area contributed by atoms with E-state index in [1.165, 1.54) is 0 Å². The zero-order valence-corrected chi connectivity index (χ0v) is 5.27. The van der Waals surface area contributed by atoms with Crippen molar-refractivity contribution in [2.75, 3.05) is 20.8 Å². The van der Waals surface area contributed by atoms with Crippen molar-refractivity contribution in [2.24, 2.45) is 0 Å². The number of hydrogen-bond donors (Lipinski definition) is 1. The van der Waals surface area contributed by atoms with E-state index in [9.17, 15) is 0 Å². The number of aliphatic hydroxyl groups excluding tert-OH is 1. The maximum absolute atomic E-state index is 7.88. The van der Waals surface area contributed by atoms with Crippen molar-refractivity contribution in [3.63, 3.8) is 0 Å². The fourth-order valence-electron chi connectivity index (χ4n) is 0. The molecule has 2 nitrogen and oxygen atoms in total. The number of hydrogen-bond acceptors (Lipinski definition) is 2. The molecule has 0 bridgehead atoms. The first-order valence-corrected chi connectivity index (χ1v) is 2.34. The van der Waals surface area contributed by atoms with Crippen LogP contribution in [0.3, 0.4) is 0 Å². The van der Waals surface area contributed by atoms with E-state index in [-0.39, 0.29) is 0 Å². The summed E-state index contributed by atoms with van der Waals surface area (Å²) in [6.07, 6.45) is 0.875. The van der Waals surface area contributed by atoms with Crippen molar-refractivity contribution >= 4 is 0 Å². The standard InChI is InChI=1S/C3H8O.C2H6O/c1-2-3-4;1-3-2/h4H,2-3H2,1H3;1-2H3. The van der Waals surface area contributed by atoms with Gasteiger partial charge in [0.1, 0.15) is 0 Å². The van der Waals surface area contributed by atoms with Crippen LogP contribution in [-0.2, 0) is 4.74 Å². The molecule has 0 saturated carbocycles. The average molecular weight is 106 g/mol. The summed E-state index contributed by atoms with van der Waals surface area (Å²) >= 11 is 0. The Kier molecular flexibility index (Phi) is 24.1. The fourth-order valence-corrected chi connectivity index (χ4v) is 0. The average Bonchev–Trinajstić information content (AvgIpc) is 1.69. The second-order valence-corrected chi connectivity index (χ2v) is 1.13. The first kappa shape index (κ1) is 10.0. The predicted octanol–water partition coefficient (Wildman–Crippen LogP) is 0.651. The van der Waals surface area contributed by atoms with Gasteiger partial charge in [0.05, 0.1) is 0 Å². The molecule has 0 aromatic carbocycles. The molecule has 0 radical (unpaired) electrons. The van der Waals surface area contributed by atoms with Crippen molar-refractivity contribution in [3.05, 3.63) is 0 Å². The van der Waals surface area contributed by atoms with Crippen molar-refractivity contribution in [3.8, 4) is 0 Å². The van der Waals surface area contributed by atoms with Crippen molar-refractivity contribution < 1.29 is 9.84 Å². The van der Waals surface area contributed by atoms with Gasteiger partial charge >= 0.3 is 0 Å². The molecule has 0 heterocycles. The molecule has 0 aliphatic carbocycles. The number of ether oxygens (including phenoxy) is 1. The maximum Gasteiger partial charge on any atom is 0.0428 e. The maximum atomic E-state index is 7.88. The summed E-state index contributed by atoms with van der Waals surface area (Å²) in [5.74, 6) is 0. The second-order valence-electron chi connectivity index (χ2n) is 1.13. The molecule has 0 rings (SSSR count). The molecule has 0 saturated heterocycles. The Bertz CT molecular complexity index is 13.6. The molecule has 7 heavy (non-hydrogen) atoms. The number of methoxy groups -OCH3 is 1. The van der Waals surface area contributed by atoms with Gasteiger partial charge in [0.15, 0.2) is 0 Å². The monoisotopic (exact) mass is 106 g/mol. The first-order chi connectivity index (χ1) is 3.33. The lowest BCUT2D eigenvalue weighted by molar-refractivity contribution is 0.277. The molecular weight excluding hydrogens is 92.1 g/mol. The van der Waals surface area contributed by atoms with Crippen LogP contribution in [0.1, 0.15) is 13.3 Å². The molecule has 0 fully saturated rings. The molecule has 0 aliphatic heterocycles. The minimum Gasteiger partial charge on any atom is -0.396 e. The summed E-state index contributed by atoms with van der Waals surface area (Å²) in [6, 6.07) is 0. The quantitative estimate of drug-likeness (QED) is 0.532. The molecule has 0 aromatic heterocycles. The summed E-state index contributed by atoms with van der Waals surface area (Å²) in [5.41, 5.74) is 0. The van der Waals surface area contributed by atoms with E-state index < -0.39 is 0 Å². The Morgan fingerprint density at radius 3 is 1.57 bits per heavy atom. The zero-order chi connectivity index (χ0) is 6.12. The van der Waals surface area contributed by atoms with E-state index in [1.54, 1.807) is 14.2 Å². The Morgan fingerprint density at radius 2 is 1.57 bits per heavy atom. The topological polar surface area (TPSA) is 29.5 Å². The molecule has 0 unspecified atom stereocenters. The van der Waals surface area contributed by atoms with E-state index in [0.29, 0.717) is 6.61 Å². The van der Waals surface area contributed by atoms with Crippen molar-refractivity contribution in [1.29, 1.82) is 0 Å². The van der Waals surface area contributed by atoms with E-state index >= 15 is 0 Å². The van der Waals surface area contributed by atoms with Crippen LogP contribution in [0.4, 0.5) is 0 Å². The van der Waals surface area contributed by atoms with Crippen molar-refractivity contribution in [1.82, 2.24) is 0 Å². The highest BCUT2D eigenvalue weighted by Gasteiger charge is 1.57. The van der Waals surface area contributed by atoms with E-state index in [4.69, 9.17) is 5.11 Å². The molecule has 0 amide bonds. The molecule has 46 valence electrons. The molecular formula is C5H14O2. The molecule has 1 N–H and O–H groups in total. The highest BCUT2D eigenvalue weighted by molar-refractivity contribution is 4.10. The van der Waals surface area contributed by atoms with Crippen LogP contribution in [0, 0.1) is 0 Å². The van der Waals surface area contributed by atoms with E-state index in [0.717, 1.165) is 6.42 Å². The Morgan fingerprint density at radius 1 is 1.43 bits per heavy atom. The lowest BCUT2D eigenvalue weighted by Crippen LogP contribution is -1.69. The van der Waals surface area contributed by atoms with Gasteiger partial charge in [-0.2, -0.15) is 0 Å². The van der Waals surface area contributed by atoms with Crippen LogP contribution in [0.15, 0.2) is 0 Å². The summed E-state index contributed by atoms with van der Waals surface area (Å²) in [7, 11) is 3.25. The third kappa shape index (κ3) is 107. The Hall–Kier alpha value is -0.0800. The van der Waals surface area contributed by atoms with Gasteiger partial charge < -0.3 is 9.84 Å². The molecule has 0 spiro atoms. The first-order valence-electron chi connectivity index (χ1n) is 2.34. The van der Waals surface area contributed by atoms with E-state index in [2.05, 4.69) is 4.74 Å². The second kappa shape index (κ2) is 16.8. The molecule has 0 aliphatic rings.